The maximum absolute atomic E-state index is 11.8. The highest BCUT2D eigenvalue weighted by molar-refractivity contribution is 6.43. The number of hydrogen-bond donors (Lipinski definition) is 1. The maximum Gasteiger partial charge on any atom is 0.417 e. The van der Waals surface area contributed by atoms with Crippen LogP contribution in [0.25, 0.3) is 0 Å². The molecule has 1 N–H and O–H groups in total. The molecule has 0 aliphatic carbocycles. The number of anilines is 1. The normalized spacial score (nSPS) is 10.2. The molecule has 0 fully saturated rings. The van der Waals surface area contributed by atoms with Gasteiger partial charge >= 0.3 is 6.09 Å². The topological polar surface area (TPSA) is 38.3 Å². The molecular weight excluding hydrogens is 297 g/mol. The summed E-state index contributed by atoms with van der Waals surface area (Å²) < 4.78 is 5.14. The van der Waals surface area contributed by atoms with Gasteiger partial charge in [-0.25, -0.2) is 4.79 Å². The number of aryl methyl sites for hydroxylation is 1. The molecule has 0 spiro atoms. The number of carbonyl (C=O) groups excluding carboxylic acids is 1. The molecule has 5 heteroatoms. The summed E-state index contributed by atoms with van der Waals surface area (Å²) >= 11 is 11.8. The molecule has 0 saturated heterocycles. The Morgan fingerprint density at radius 3 is 2.70 bits per heavy atom. The third kappa shape index (κ3) is 3.65. The number of rotatable bonds is 3. The first-order chi connectivity index (χ1) is 9.60. The zero-order chi connectivity index (χ0) is 14.5. The quantitative estimate of drug-likeness (QED) is 0.849. The van der Waals surface area contributed by atoms with Crippen LogP contribution in [0.15, 0.2) is 42.5 Å². The number of nitrogens with one attached hydrogen (secondary N) is 1. The first-order valence-corrected chi connectivity index (χ1v) is 6.87. The first-order valence-electron chi connectivity index (χ1n) is 6.12. The number of hydrogen-bond acceptors (Lipinski definition) is 2. The summed E-state index contributed by atoms with van der Waals surface area (Å²) in [5.74, 6) is 0.225. The van der Waals surface area contributed by atoms with Crippen LogP contribution < -0.4 is 10.1 Å². The van der Waals surface area contributed by atoms with E-state index in [2.05, 4.69) is 5.32 Å². The van der Waals surface area contributed by atoms with Crippen molar-refractivity contribution in [2.75, 3.05) is 5.32 Å². The standard InChI is InChI=1S/C15H13Cl2NO2/c1-2-10-5-3-6-11(9-10)18-15(19)20-13-8-4-7-12(16)14(13)17/h3-9H,2H2,1H3,(H,18,19). The van der Waals surface area contributed by atoms with Crippen molar-refractivity contribution in [2.24, 2.45) is 0 Å². The predicted molar refractivity (Wildman–Crippen MR) is 81.9 cm³/mol. The minimum atomic E-state index is -0.609. The Hall–Kier alpha value is -1.71. The predicted octanol–water partition coefficient (Wildman–Crippen LogP) is 5.17. The fourth-order valence-electron chi connectivity index (χ4n) is 1.68. The molecule has 0 saturated carbocycles. The molecule has 0 bridgehead atoms. The van der Waals surface area contributed by atoms with E-state index in [0.717, 1.165) is 12.0 Å². The van der Waals surface area contributed by atoms with Crippen molar-refractivity contribution in [2.45, 2.75) is 13.3 Å². The van der Waals surface area contributed by atoms with Gasteiger partial charge in [0.25, 0.3) is 0 Å². The second kappa shape index (κ2) is 6.64. The van der Waals surface area contributed by atoms with Gasteiger partial charge in [0.2, 0.25) is 0 Å². The largest absolute Gasteiger partial charge is 0.417 e. The van der Waals surface area contributed by atoms with E-state index in [0.29, 0.717) is 10.7 Å². The highest BCUT2D eigenvalue weighted by atomic mass is 35.5. The Morgan fingerprint density at radius 1 is 1.20 bits per heavy atom. The van der Waals surface area contributed by atoms with Crippen molar-refractivity contribution in [3.63, 3.8) is 0 Å². The lowest BCUT2D eigenvalue weighted by atomic mass is 10.1. The van der Waals surface area contributed by atoms with Crippen LogP contribution in [0.5, 0.6) is 5.75 Å². The number of amides is 1. The number of benzene rings is 2. The van der Waals surface area contributed by atoms with Crippen LogP contribution in [0.1, 0.15) is 12.5 Å². The van der Waals surface area contributed by atoms with Gasteiger partial charge in [0.05, 0.1) is 5.02 Å². The highest BCUT2D eigenvalue weighted by Crippen LogP contribution is 2.31. The molecule has 0 atom stereocenters. The fraction of sp³-hybridized carbons (Fsp3) is 0.133. The SMILES string of the molecule is CCc1cccc(NC(=O)Oc2cccc(Cl)c2Cl)c1. The number of halogens is 2. The Bertz CT molecular complexity index is 629. The molecule has 0 unspecified atom stereocenters. The van der Waals surface area contributed by atoms with Crippen LogP contribution in [-0.4, -0.2) is 6.09 Å². The maximum atomic E-state index is 11.8. The van der Waals surface area contributed by atoms with Crippen LogP contribution in [0, 0.1) is 0 Å². The van der Waals surface area contributed by atoms with Crippen LogP contribution >= 0.6 is 23.2 Å². The Morgan fingerprint density at radius 2 is 1.95 bits per heavy atom. The fourth-order valence-corrected chi connectivity index (χ4v) is 2.01. The Labute approximate surface area is 127 Å². The van der Waals surface area contributed by atoms with Gasteiger partial charge in [0.15, 0.2) is 5.75 Å². The van der Waals surface area contributed by atoms with E-state index in [-0.39, 0.29) is 10.8 Å². The van der Waals surface area contributed by atoms with Gasteiger partial charge in [0, 0.05) is 5.69 Å². The van der Waals surface area contributed by atoms with Gasteiger partial charge in [-0.1, -0.05) is 48.3 Å². The molecule has 2 rings (SSSR count). The van der Waals surface area contributed by atoms with Gasteiger partial charge in [-0.2, -0.15) is 0 Å². The summed E-state index contributed by atoms with van der Waals surface area (Å²) in [6.07, 6.45) is 0.285. The van der Waals surface area contributed by atoms with Crippen LogP contribution in [0.4, 0.5) is 10.5 Å². The van der Waals surface area contributed by atoms with Gasteiger partial charge < -0.3 is 4.74 Å². The molecule has 20 heavy (non-hydrogen) atoms. The summed E-state index contributed by atoms with van der Waals surface area (Å²) in [6.45, 7) is 2.04. The van der Waals surface area contributed by atoms with E-state index >= 15 is 0 Å². The molecule has 3 nitrogen and oxygen atoms in total. The lowest BCUT2D eigenvalue weighted by molar-refractivity contribution is 0.215. The summed E-state index contributed by atoms with van der Waals surface area (Å²) in [7, 11) is 0. The zero-order valence-electron chi connectivity index (χ0n) is 10.8. The van der Waals surface area contributed by atoms with Crippen LogP contribution in [-0.2, 0) is 6.42 Å². The van der Waals surface area contributed by atoms with E-state index in [1.54, 1.807) is 24.3 Å². The molecular formula is C15H13Cl2NO2. The monoisotopic (exact) mass is 309 g/mol. The zero-order valence-corrected chi connectivity index (χ0v) is 12.3. The smallest absolute Gasteiger partial charge is 0.408 e. The molecule has 0 aromatic heterocycles. The molecule has 0 radical (unpaired) electrons. The van der Waals surface area contributed by atoms with Crippen LogP contribution in [0.3, 0.4) is 0 Å². The molecule has 0 heterocycles. The molecule has 1 amide bonds. The molecule has 0 aliphatic rings. The van der Waals surface area contributed by atoms with E-state index < -0.39 is 6.09 Å². The minimum Gasteiger partial charge on any atom is -0.408 e. The second-order valence-corrected chi connectivity index (χ2v) is 4.91. The van der Waals surface area contributed by atoms with E-state index in [1.807, 2.05) is 25.1 Å². The van der Waals surface area contributed by atoms with Crippen molar-refractivity contribution in [1.29, 1.82) is 0 Å². The van der Waals surface area contributed by atoms with Gasteiger partial charge in [-0.15, -0.1) is 0 Å². The second-order valence-electron chi connectivity index (χ2n) is 4.12. The van der Waals surface area contributed by atoms with Crippen molar-refractivity contribution < 1.29 is 9.53 Å². The van der Waals surface area contributed by atoms with Crippen molar-refractivity contribution in [3.05, 3.63) is 58.1 Å². The first kappa shape index (κ1) is 14.7. The summed E-state index contributed by atoms with van der Waals surface area (Å²) in [4.78, 5) is 11.8. The Kier molecular flexibility index (Phi) is 4.88. The third-order valence-electron chi connectivity index (χ3n) is 2.70. The highest BCUT2D eigenvalue weighted by Gasteiger charge is 2.10. The van der Waals surface area contributed by atoms with E-state index in [4.69, 9.17) is 27.9 Å². The average molecular weight is 310 g/mol. The lowest BCUT2D eigenvalue weighted by Gasteiger charge is -2.09. The molecule has 0 aliphatic heterocycles. The molecule has 2 aromatic rings. The summed E-state index contributed by atoms with van der Waals surface area (Å²) in [5.41, 5.74) is 1.80. The number of carbonyl (C=O) groups is 1. The Balaban J connectivity index is 2.07. The summed E-state index contributed by atoms with van der Waals surface area (Å²) in [6, 6.07) is 12.4. The van der Waals surface area contributed by atoms with Crippen LogP contribution in [0.2, 0.25) is 10.0 Å². The molecule has 104 valence electrons. The third-order valence-corrected chi connectivity index (χ3v) is 3.50. The van der Waals surface area contributed by atoms with Crippen molar-refractivity contribution >= 4 is 35.0 Å². The van der Waals surface area contributed by atoms with Crippen molar-refractivity contribution in [1.82, 2.24) is 0 Å². The number of ether oxygens (including phenoxy) is 1. The van der Waals surface area contributed by atoms with E-state index in [1.165, 1.54) is 0 Å². The minimum absolute atomic E-state index is 0.214. The lowest BCUT2D eigenvalue weighted by Crippen LogP contribution is -2.17. The van der Waals surface area contributed by atoms with Crippen molar-refractivity contribution in [3.8, 4) is 5.75 Å². The van der Waals surface area contributed by atoms with E-state index in [9.17, 15) is 4.79 Å². The average Bonchev–Trinajstić information content (AvgIpc) is 2.44. The van der Waals surface area contributed by atoms with Gasteiger partial charge in [0.1, 0.15) is 5.02 Å². The summed E-state index contributed by atoms with van der Waals surface area (Å²) in [5, 5.41) is 3.20. The van der Waals surface area contributed by atoms with Gasteiger partial charge in [-0.3, -0.25) is 5.32 Å². The van der Waals surface area contributed by atoms with Gasteiger partial charge in [-0.05, 0) is 36.2 Å². The molecule has 2 aromatic carbocycles.